The molecule has 1 aromatic heterocycles. The summed E-state index contributed by atoms with van der Waals surface area (Å²) in [6.07, 6.45) is 0. The molecule has 1 heterocycles. The summed E-state index contributed by atoms with van der Waals surface area (Å²) in [5.41, 5.74) is 0.437. The molecule has 7 nitrogen and oxygen atoms in total. The van der Waals surface area contributed by atoms with E-state index in [1.807, 2.05) is 0 Å². The second kappa shape index (κ2) is 7.49. The van der Waals surface area contributed by atoms with E-state index in [0.717, 1.165) is 0 Å². The molecule has 142 valence electrons. The van der Waals surface area contributed by atoms with Crippen molar-refractivity contribution in [1.29, 1.82) is 0 Å². The van der Waals surface area contributed by atoms with Crippen molar-refractivity contribution >= 4 is 11.0 Å². The third kappa shape index (κ3) is 3.01. The van der Waals surface area contributed by atoms with Gasteiger partial charge in [0, 0.05) is 12.1 Å². The molecule has 0 aliphatic carbocycles. The Morgan fingerprint density at radius 3 is 1.85 bits per heavy atom. The summed E-state index contributed by atoms with van der Waals surface area (Å²) in [4.78, 5) is 12.9. The van der Waals surface area contributed by atoms with Gasteiger partial charge >= 0.3 is 0 Å². The summed E-state index contributed by atoms with van der Waals surface area (Å²) in [6, 6.07) is 8.25. The standard InChI is InChI=1S/C20H20O7/c1-22-12-7-6-8-13(23-2)18(12)15-9-11(21)17-14(24-3)10-16(25-4)19(26-5)20(17)27-15/h6-10H,1-5H3. The van der Waals surface area contributed by atoms with E-state index >= 15 is 0 Å². The zero-order valence-corrected chi connectivity index (χ0v) is 15.7. The van der Waals surface area contributed by atoms with E-state index in [9.17, 15) is 4.79 Å². The van der Waals surface area contributed by atoms with Gasteiger partial charge in [-0.15, -0.1) is 0 Å². The number of rotatable bonds is 6. The van der Waals surface area contributed by atoms with Gasteiger partial charge in [0.05, 0.1) is 35.5 Å². The van der Waals surface area contributed by atoms with Gasteiger partial charge in [-0.05, 0) is 12.1 Å². The highest BCUT2D eigenvalue weighted by atomic mass is 16.5. The van der Waals surface area contributed by atoms with E-state index in [1.165, 1.54) is 41.6 Å². The maximum atomic E-state index is 12.9. The van der Waals surface area contributed by atoms with Gasteiger partial charge in [0.25, 0.3) is 0 Å². The molecule has 0 saturated carbocycles. The molecule has 0 radical (unpaired) electrons. The Morgan fingerprint density at radius 2 is 1.33 bits per heavy atom. The van der Waals surface area contributed by atoms with Gasteiger partial charge in [0.2, 0.25) is 5.75 Å². The average Bonchev–Trinajstić information content (AvgIpc) is 2.71. The summed E-state index contributed by atoms with van der Waals surface area (Å²) in [7, 11) is 7.50. The monoisotopic (exact) mass is 372 g/mol. The molecule has 2 aromatic carbocycles. The second-order valence-corrected chi connectivity index (χ2v) is 5.53. The molecule has 0 aliphatic rings. The van der Waals surface area contributed by atoms with Crippen LogP contribution in [0.4, 0.5) is 0 Å². The first-order valence-electron chi connectivity index (χ1n) is 8.07. The smallest absolute Gasteiger partial charge is 0.205 e. The zero-order chi connectivity index (χ0) is 19.6. The fourth-order valence-electron chi connectivity index (χ4n) is 2.98. The lowest BCUT2D eigenvalue weighted by Gasteiger charge is -2.15. The highest BCUT2D eigenvalue weighted by molar-refractivity contribution is 5.92. The van der Waals surface area contributed by atoms with E-state index in [0.29, 0.717) is 34.3 Å². The molecule has 0 N–H and O–H groups in total. The van der Waals surface area contributed by atoms with Crippen molar-refractivity contribution in [2.45, 2.75) is 0 Å². The van der Waals surface area contributed by atoms with Gasteiger partial charge in [-0.3, -0.25) is 4.79 Å². The van der Waals surface area contributed by atoms with Crippen LogP contribution >= 0.6 is 0 Å². The summed E-state index contributed by atoms with van der Waals surface area (Å²) in [5, 5.41) is 0.257. The largest absolute Gasteiger partial charge is 0.496 e. The Hall–Kier alpha value is -3.35. The van der Waals surface area contributed by atoms with Crippen molar-refractivity contribution in [2.75, 3.05) is 35.5 Å². The third-order valence-corrected chi connectivity index (χ3v) is 4.20. The van der Waals surface area contributed by atoms with Crippen LogP contribution in [-0.2, 0) is 0 Å². The quantitative estimate of drug-likeness (QED) is 0.655. The fourth-order valence-corrected chi connectivity index (χ4v) is 2.98. The van der Waals surface area contributed by atoms with Crippen molar-refractivity contribution in [2.24, 2.45) is 0 Å². The predicted octanol–water partition coefficient (Wildman–Crippen LogP) is 3.50. The molecule has 0 aliphatic heterocycles. The van der Waals surface area contributed by atoms with Gasteiger partial charge in [-0.1, -0.05) is 6.07 Å². The van der Waals surface area contributed by atoms with Crippen LogP contribution in [0.1, 0.15) is 0 Å². The molecular formula is C20H20O7. The van der Waals surface area contributed by atoms with Gasteiger partial charge in [0.1, 0.15) is 34.0 Å². The Morgan fingerprint density at radius 1 is 0.741 bits per heavy atom. The predicted molar refractivity (Wildman–Crippen MR) is 101 cm³/mol. The molecule has 0 bridgehead atoms. The molecule has 7 heteroatoms. The first-order chi connectivity index (χ1) is 13.1. The van der Waals surface area contributed by atoms with E-state index in [-0.39, 0.29) is 22.2 Å². The molecule has 0 amide bonds. The highest BCUT2D eigenvalue weighted by Gasteiger charge is 2.23. The Balaban J connectivity index is 2.44. The number of benzene rings is 2. The van der Waals surface area contributed by atoms with Crippen molar-refractivity contribution in [3.05, 3.63) is 40.6 Å². The van der Waals surface area contributed by atoms with Crippen LogP contribution in [0.3, 0.4) is 0 Å². The van der Waals surface area contributed by atoms with E-state index in [1.54, 1.807) is 24.3 Å². The molecule has 3 aromatic rings. The minimum Gasteiger partial charge on any atom is -0.496 e. The van der Waals surface area contributed by atoms with Crippen LogP contribution in [0.5, 0.6) is 28.7 Å². The molecule has 0 fully saturated rings. The zero-order valence-electron chi connectivity index (χ0n) is 15.7. The number of hydrogen-bond acceptors (Lipinski definition) is 7. The molecule has 0 unspecified atom stereocenters. The van der Waals surface area contributed by atoms with E-state index in [4.69, 9.17) is 28.1 Å². The fraction of sp³-hybridized carbons (Fsp3) is 0.250. The van der Waals surface area contributed by atoms with Crippen LogP contribution in [-0.4, -0.2) is 35.5 Å². The lowest BCUT2D eigenvalue weighted by atomic mass is 10.1. The normalized spacial score (nSPS) is 10.6. The molecule has 3 rings (SSSR count). The average molecular weight is 372 g/mol. The van der Waals surface area contributed by atoms with Crippen molar-refractivity contribution in [3.63, 3.8) is 0 Å². The minimum atomic E-state index is -0.294. The number of hydrogen-bond donors (Lipinski definition) is 0. The number of ether oxygens (including phenoxy) is 5. The molecule has 27 heavy (non-hydrogen) atoms. The summed E-state index contributed by atoms with van der Waals surface area (Å²) >= 11 is 0. The van der Waals surface area contributed by atoms with Gasteiger partial charge < -0.3 is 28.1 Å². The Kier molecular flexibility index (Phi) is 5.12. The summed E-state index contributed by atoms with van der Waals surface area (Å²) < 4.78 is 33.0. The number of fused-ring (bicyclic) bond motifs is 1. The van der Waals surface area contributed by atoms with Crippen LogP contribution < -0.4 is 29.1 Å². The second-order valence-electron chi connectivity index (χ2n) is 5.53. The first-order valence-corrected chi connectivity index (χ1v) is 8.07. The lowest BCUT2D eigenvalue weighted by molar-refractivity contribution is 0.348. The third-order valence-electron chi connectivity index (χ3n) is 4.20. The maximum Gasteiger partial charge on any atom is 0.205 e. The topological polar surface area (TPSA) is 76.4 Å². The van der Waals surface area contributed by atoms with Crippen molar-refractivity contribution < 1.29 is 28.1 Å². The van der Waals surface area contributed by atoms with E-state index < -0.39 is 0 Å². The number of methoxy groups -OCH3 is 5. The molecule has 0 atom stereocenters. The van der Waals surface area contributed by atoms with Gasteiger partial charge in [-0.25, -0.2) is 0 Å². The SMILES string of the molecule is COc1cccc(OC)c1-c1cc(=O)c2c(OC)cc(OC)c(OC)c2o1. The molecule has 0 saturated heterocycles. The first kappa shape index (κ1) is 18.4. The Bertz CT molecular complexity index is 1010. The molecule has 0 spiro atoms. The maximum absolute atomic E-state index is 12.9. The van der Waals surface area contributed by atoms with Crippen LogP contribution in [0.25, 0.3) is 22.3 Å². The summed E-state index contributed by atoms with van der Waals surface area (Å²) in [5.74, 6) is 2.29. The lowest BCUT2D eigenvalue weighted by Crippen LogP contribution is -2.05. The Labute approximate surface area is 156 Å². The van der Waals surface area contributed by atoms with Crippen molar-refractivity contribution in [1.82, 2.24) is 0 Å². The van der Waals surface area contributed by atoms with Crippen LogP contribution in [0, 0.1) is 0 Å². The summed E-state index contributed by atoms with van der Waals surface area (Å²) in [6.45, 7) is 0. The van der Waals surface area contributed by atoms with Gasteiger partial charge in [-0.2, -0.15) is 0 Å². The van der Waals surface area contributed by atoms with Gasteiger partial charge in [0.15, 0.2) is 16.8 Å². The molecular weight excluding hydrogens is 352 g/mol. The van der Waals surface area contributed by atoms with Crippen LogP contribution in [0.15, 0.2) is 39.5 Å². The van der Waals surface area contributed by atoms with Crippen LogP contribution in [0.2, 0.25) is 0 Å². The van der Waals surface area contributed by atoms with Crippen molar-refractivity contribution in [3.8, 4) is 40.1 Å². The minimum absolute atomic E-state index is 0.212. The highest BCUT2D eigenvalue weighted by Crippen LogP contribution is 2.44. The van der Waals surface area contributed by atoms with E-state index in [2.05, 4.69) is 0 Å².